The second kappa shape index (κ2) is 2.83. The van der Waals surface area contributed by atoms with Gasteiger partial charge in [0.05, 0.1) is 13.1 Å². The molecule has 1 aliphatic heterocycles. The Morgan fingerprint density at radius 2 is 2.31 bits per heavy atom. The molecule has 0 aromatic carbocycles. The first-order valence-electron chi connectivity index (χ1n) is 4.09. The third-order valence-electron chi connectivity index (χ3n) is 2.14. The standard InChI is InChI=1S/C8H10FN3O/c1-11-3-2-10-7(8(11)13)12-4-6(9)5-12/h2-3,6H,4-5H2,1H3. The Bertz CT molecular complexity index is 370. The van der Waals surface area contributed by atoms with Crippen molar-refractivity contribution >= 4 is 5.82 Å². The van der Waals surface area contributed by atoms with E-state index in [1.54, 1.807) is 24.3 Å². The summed E-state index contributed by atoms with van der Waals surface area (Å²) < 4.78 is 13.9. The molecule has 0 amide bonds. The molecule has 5 heteroatoms. The van der Waals surface area contributed by atoms with E-state index in [0.29, 0.717) is 5.82 Å². The molecular formula is C8H10FN3O. The lowest BCUT2D eigenvalue weighted by Gasteiger charge is -2.34. The molecule has 0 N–H and O–H groups in total. The van der Waals surface area contributed by atoms with Crippen LogP contribution in [0.2, 0.25) is 0 Å². The van der Waals surface area contributed by atoms with Gasteiger partial charge >= 0.3 is 0 Å². The fourth-order valence-electron chi connectivity index (χ4n) is 1.30. The Labute approximate surface area is 74.6 Å². The van der Waals surface area contributed by atoms with Crippen molar-refractivity contribution in [1.29, 1.82) is 0 Å². The van der Waals surface area contributed by atoms with E-state index in [1.807, 2.05) is 0 Å². The molecule has 0 radical (unpaired) electrons. The van der Waals surface area contributed by atoms with Crippen molar-refractivity contribution < 1.29 is 4.39 Å². The maximum atomic E-state index is 12.5. The number of anilines is 1. The molecule has 2 heterocycles. The third kappa shape index (κ3) is 1.30. The zero-order valence-electron chi connectivity index (χ0n) is 7.27. The van der Waals surface area contributed by atoms with E-state index < -0.39 is 6.17 Å². The summed E-state index contributed by atoms with van der Waals surface area (Å²) in [5, 5.41) is 0. The lowest BCUT2D eigenvalue weighted by molar-refractivity contribution is 0.272. The smallest absolute Gasteiger partial charge is 0.293 e. The lowest BCUT2D eigenvalue weighted by Crippen LogP contribution is -2.51. The van der Waals surface area contributed by atoms with Crippen LogP contribution in [0.5, 0.6) is 0 Å². The second-order valence-electron chi connectivity index (χ2n) is 3.17. The summed E-state index contributed by atoms with van der Waals surface area (Å²) in [5.74, 6) is 0.346. The van der Waals surface area contributed by atoms with E-state index in [9.17, 15) is 9.18 Å². The molecule has 1 aromatic rings. The highest BCUT2D eigenvalue weighted by Crippen LogP contribution is 2.15. The molecule has 0 aliphatic carbocycles. The van der Waals surface area contributed by atoms with E-state index in [1.165, 1.54) is 4.57 Å². The molecule has 0 atom stereocenters. The van der Waals surface area contributed by atoms with Crippen LogP contribution in [0.3, 0.4) is 0 Å². The van der Waals surface area contributed by atoms with Gasteiger partial charge in [-0.1, -0.05) is 0 Å². The molecule has 4 nitrogen and oxygen atoms in total. The van der Waals surface area contributed by atoms with Gasteiger partial charge in [-0.2, -0.15) is 0 Å². The predicted octanol–water partition coefficient (Wildman–Crippen LogP) is -0.0616. The molecule has 0 unspecified atom stereocenters. The van der Waals surface area contributed by atoms with Crippen LogP contribution < -0.4 is 10.5 Å². The van der Waals surface area contributed by atoms with Crippen molar-refractivity contribution in [3.8, 4) is 0 Å². The first kappa shape index (κ1) is 8.22. The summed E-state index contributed by atoms with van der Waals surface area (Å²) in [4.78, 5) is 17.0. The van der Waals surface area contributed by atoms with Gasteiger partial charge in [0.25, 0.3) is 5.56 Å². The lowest BCUT2D eigenvalue weighted by atomic mass is 10.2. The average molecular weight is 183 g/mol. The highest BCUT2D eigenvalue weighted by molar-refractivity contribution is 5.39. The zero-order chi connectivity index (χ0) is 9.42. The zero-order valence-corrected chi connectivity index (χ0v) is 7.27. The van der Waals surface area contributed by atoms with E-state index in [-0.39, 0.29) is 18.6 Å². The quantitative estimate of drug-likeness (QED) is 0.612. The Kier molecular flexibility index (Phi) is 1.79. The summed E-state index contributed by atoms with van der Waals surface area (Å²) in [5.41, 5.74) is -0.172. The average Bonchev–Trinajstić information content (AvgIpc) is 2.05. The summed E-state index contributed by atoms with van der Waals surface area (Å²) in [6, 6.07) is 0. The van der Waals surface area contributed by atoms with Crippen LogP contribution in [-0.4, -0.2) is 28.8 Å². The highest BCUT2D eigenvalue weighted by atomic mass is 19.1. The molecule has 1 fully saturated rings. The molecule has 1 saturated heterocycles. The van der Waals surface area contributed by atoms with E-state index in [0.717, 1.165) is 0 Å². The number of aromatic nitrogens is 2. The molecule has 13 heavy (non-hydrogen) atoms. The number of nitrogens with zero attached hydrogens (tertiary/aromatic N) is 3. The highest BCUT2D eigenvalue weighted by Gasteiger charge is 2.29. The number of aryl methyl sites for hydroxylation is 1. The molecule has 0 saturated carbocycles. The normalized spacial score (nSPS) is 17.2. The fraction of sp³-hybridized carbons (Fsp3) is 0.500. The minimum atomic E-state index is -0.813. The molecule has 70 valence electrons. The molecule has 0 spiro atoms. The number of hydrogen-bond acceptors (Lipinski definition) is 3. The van der Waals surface area contributed by atoms with Crippen molar-refractivity contribution in [2.24, 2.45) is 7.05 Å². The number of halogens is 1. The van der Waals surface area contributed by atoms with Crippen LogP contribution >= 0.6 is 0 Å². The van der Waals surface area contributed by atoms with Crippen molar-refractivity contribution in [2.45, 2.75) is 6.17 Å². The molecule has 1 aromatic heterocycles. The summed E-state index contributed by atoms with van der Waals surface area (Å²) >= 11 is 0. The van der Waals surface area contributed by atoms with Crippen LogP contribution in [0.25, 0.3) is 0 Å². The van der Waals surface area contributed by atoms with Crippen LogP contribution in [0.1, 0.15) is 0 Å². The minimum Gasteiger partial charge on any atom is -0.346 e. The van der Waals surface area contributed by atoms with Crippen molar-refractivity contribution in [3.05, 3.63) is 22.7 Å². The second-order valence-corrected chi connectivity index (χ2v) is 3.17. The van der Waals surface area contributed by atoms with Gasteiger partial charge in [-0.25, -0.2) is 9.37 Å². The van der Waals surface area contributed by atoms with Gasteiger partial charge in [-0.3, -0.25) is 4.79 Å². The van der Waals surface area contributed by atoms with E-state index >= 15 is 0 Å². The topological polar surface area (TPSA) is 38.1 Å². The van der Waals surface area contributed by atoms with Gasteiger partial charge in [0.1, 0.15) is 6.17 Å². The van der Waals surface area contributed by atoms with E-state index in [2.05, 4.69) is 4.98 Å². The van der Waals surface area contributed by atoms with Crippen LogP contribution in [-0.2, 0) is 7.05 Å². The Morgan fingerprint density at radius 3 is 2.92 bits per heavy atom. The first-order chi connectivity index (χ1) is 6.18. The van der Waals surface area contributed by atoms with Gasteiger partial charge in [0, 0.05) is 19.4 Å². The number of rotatable bonds is 1. The van der Waals surface area contributed by atoms with Gasteiger partial charge in [-0.15, -0.1) is 0 Å². The van der Waals surface area contributed by atoms with Crippen LogP contribution in [0.4, 0.5) is 10.2 Å². The van der Waals surface area contributed by atoms with Crippen LogP contribution in [0, 0.1) is 0 Å². The van der Waals surface area contributed by atoms with Crippen molar-refractivity contribution in [1.82, 2.24) is 9.55 Å². The molecule has 1 aliphatic rings. The maximum absolute atomic E-state index is 12.5. The van der Waals surface area contributed by atoms with Crippen LogP contribution in [0.15, 0.2) is 17.2 Å². The third-order valence-corrected chi connectivity index (χ3v) is 2.14. The first-order valence-corrected chi connectivity index (χ1v) is 4.09. The van der Waals surface area contributed by atoms with Gasteiger partial charge in [-0.05, 0) is 0 Å². The Morgan fingerprint density at radius 1 is 1.62 bits per heavy atom. The molecule has 0 bridgehead atoms. The fourth-order valence-corrected chi connectivity index (χ4v) is 1.30. The summed E-state index contributed by atoms with van der Waals surface area (Å²) in [6.07, 6.45) is 2.31. The van der Waals surface area contributed by atoms with Gasteiger partial charge in [0.2, 0.25) is 0 Å². The SMILES string of the molecule is Cn1ccnc(N2CC(F)C2)c1=O. The maximum Gasteiger partial charge on any atom is 0.293 e. The summed E-state index contributed by atoms with van der Waals surface area (Å²) in [6.45, 7) is 0.568. The van der Waals surface area contributed by atoms with Crippen molar-refractivity contribution in [2.75, 3.05) is 18.0 Å². The molecular weight excluding hydrogens is 173 g/mol. The molecule has 2 rings (SSSR count). The van der Waals surface area contributed by atoms with Crippen molar-refractivity contribution in [3.63, 3.8) is 0 Å². The minimum absolute atomic E-state index is 0.172. The van der Waals surface area contributed by atoms with E-state index in [4.69, 9.17) is 0 Å². The predicted molar refractivity (Wildman–Crippen MR) is 46.6 cm³/mol. The monoisotopic (exact) mass is 183 g/mol. The van der Waals surface area contributed by atoms with Gasteiger partial charge < -0.3 is 9.47 Å². The summed E-state index contributed by atoms with van der Waals surface area (Å²) in [7, 11) is 1.65. The Hall–Kier alpha value is -1.39. The largest absolute Gasteiger partial charge is 0.346 e. The number of hydrogen-bond donors (Lipinski definition) is 0. The Balaban J connectivity index is 2.31. The number of alkyl halides is 1. The van der Waals surface area contributed by atoms with Gasteiger partial charge in [0.15, 0.2) is 5.82 Å².